The maximum atomic E-state index is 13.0. The van der Waals surface area contributed by atoms with E-state index in [4.69, 9.17) is 4.74 Å². The fraction of sp³-hybridized carbons (Fsp3) is 0.200. The first-order valence-corrected chi connectivity index (χ1v) is 11.1. The number of hydrogen-bond acceptors (Lipinski definition) is 4. The highest BCUT2D eigenvalue weighted by atomic mass is 79.9. The average Bonchev–Trinajstić information content (AvgIpc) is 3.02. The van der Waals surface area contributed by atoms with Gasteiger partial charge in [0.05, 0.1) is 16.2 Å². The number of anilines is 1. The number of ether oxygens (including phenoxy) is 1. The Kier molecular flexibility index (Phi) is 6.58. The van der Waals surface area contributed by atoms with Gasteiger partial charge in [0, 0.05) is 12.6 Å². The van der Waals surface area contributed by atoms with Gasteiger partial charge in [0.1, 0.15) is 18.4 Å². The number of halogens is 1. The van der Waals surface area contributed by atoms with Crippen molar-refractivity contribution >= 4 is 33.4 Å². The van der Waals surface area contributed by atoms with Crippen molar-refractivity contribution < 1.29 is 14.3 Å². The highest BCUT2D eigenvalue weighted by Crippen LogP contribution is 2.26. The summed E-state index contributed by atoms with van der Waals surface area (Å²) in [5.74, 6) is 0.324. The van der Waals surface area contributed by atoms with E-state index >= 15 is 0 Å². The second-order valence-corrected chi connectivity index (χ2v) is 8.52. The summed E-state index contributed by atoms with van der Waals surface area (Å²) in [5, 5.41) is 6.36. The minimum absolute atomic E-state index is 0.155. The monoisotopic (exact) mass is 493 g/mol. The molecule has 2 unspecified atom stereocenters. The van der Waals surface area contributed by atoms with Crippen LogP contribution >= 0.6 is 15.9 Å². The molecule has 2 atom stereocenters. The largest absolute Gasteiger partial charge is 0.488 e. The fourth-order valence-corrected chi connectivity index (χ4v) is 4.05. The highest BCUT2D eigenvalue weighted by molar-refractivity contribution is 9.10. The topological polar surface area (TPSA) is 61.9 Å². The van der Waals surface area contributed by atoms with Crippen LogP contribution in [-0.4, -0.2) is 36.0 Å². The number of amides is 2. The Morgan fingerprint density at radius 2 is 1.66 bits per heavy atom. The van der Waals surface area contributed by atoms with E-state index in [1.807, 2.05) is 85.7 Å². The van der Waals surface area contributed by atoms with Gasteiger partial charge in [-0.3, -0.25) is 9.59 Å². The van der Waals surface area contributed by atoms with Crippen molar-refractivity contribution in [1.29, 1.82) is 0 Å². The van der Waals surface area contributed by atoms with E-state index in [0.717, 1.165) is 21.5 Å². The van der Waals surface area contributed by atoms with E-state index in [1.54, 1.807) is 17.1 Å². The normalized spacial score (nSPS) is 18.6. The number of likely N-dealkylation sites (N-methyl/N-ethyl adjacent to an activating group) is 1. The lowest BCUT2D eigenvalue weighted by Crippen LogP contribution is -2.45. The standard InChI is InChI=1S/C25H24BrN3O3/c1-17-23(25(31)29(28(17)2)20-8-4-3-5-9-20)27-24(30)19-14-12-18(13-15-19)16-32-22-11-7-6-10-21(22)26/h3-15,17,23H,16H2,1-2H3,(H,27,30). The van der Waals surface area contributed by atoms with Crippen molar-refractivity contribution in [1.82, 2.24) is 10.3 Å². The lowest BCUT2D eigenvalue weighted by atomic mass is 10.1. The molecule has 6 nitrogen and oxygen atoms in total. The summed E-state index contributed by atoms with van der Waals surface area (Å²) in [4.78, 5) is 25.9. The molecule has 0 spiro atoms. The van der Waals surface area contributed by atoms with Gasteiger partial charge in [0.2, 0.25) is 0 Å². The minimum Gasteiger partial charge on any atom is -0.488 e. The van der Waals surface area contributed by atoms with Gasteiger partial charge in [-0.1, -0.05) is 42.5 Å². The van der Waals surface area contributed by atoms with Gasteiger partial charge in [0.25, 0.3) is 11.8 Å². The number of hydrogen-bond donors (Lipinski definition) is 1. The first-order chi connectivity index (χ1) is 15.5. The van der Waals surface area contributed by atoms with E-state index in [2.05, 4.69) is 21.2 Å². The Bertz CT molecular complexity index is 1100. The third-order valence-corrected chi connectivity index (χ3v) is 6.25. The van der Waals surface area contributed by atoms with Crippen molar-refractivity contribution in [2.24, 2.45) is 0 Å². The Morgan fingerprint density at radius 1 is 1.00 bits per heavy atom. The van der Waals surface area contributed by atoms with Gasteiger partial charge in [-0.05, 0) is 64.8 Å². The van der Waals surface area contributed by atoms with Gasteiger partial charge in [-0.15, -0.1) is 0 Å². The first-order valence-electron chi connectivity index (χ1n) is 10.3. The molecular weight excluding hydrogens is 470 g/mol. The van der Waals surface area contributed by atoms with E-state index < -0.39 is 6.04 Å². The molecule has 0 aliphatic carbocycles. The van der Waals surface area contributed by atoms with Gasteiger partial charge in [0.15, 0.2) is 0 Å². The number of hydrazine groups is 1. The van der Waals surface area contributed by atoms with Crippen LogP contribution < -0.4 is 15.1 Å². The molecule has 1 aliphatic heterocycles. The lowest BCUT2D eigenvalue weighted by Gasteiger charge is -2.26. The number of rotatable bonds is 6. The molecule has 0 bridgehead atoms. The van der Waals surface area contributed by atoms with Crippen LogP contribution in [0.15, 0.2) is 83.3 Å². The first kappa shape index (κ1) is 22.0. The molecule has 32 heavy (non-hydrogen) atoms. The zero-order valence-electron chi connectivity index (χ0n) is 17.9. The molecule has 1 N–H and O–H groups in total. The molecule has 3 aromatic carbocycles. The number of carbonyl (C=O) groups is 2. The molecule has 0 saturated carbocycles. The quantitative estimate of drug-likeness (QED) is 0.552. The van der Waals surface area contributed by atoms with Crippen LogP contribution in [0.3, 0.4) is 0 Å². The highest BCUT2D eigenvalue weighted by Gasteiger charge is 2.43. The van der Waals surface area contributed by atoms with Gasteiger partial charge >= 0.3 is 0 Å². The van der Waals surface area contributed by atoms with Crippen molar-refractivity contribution in [3.8, 4) is 5.75 Å². The molecule has 1 aliphatic rings. The van der Waals surface area contributed by atoms with Crippen molar-refractivity contribution in [3.05, 3.63) is 94.5 Å². The SMILES string of the molecule is CC1C(NC(=O)c2ccc(COc3ccccc3Br)cc2)C(=O)N(c2ccccc2)N1C. The molecule has 0 aromatic heterocycles. The number of nitrogens with one attached hydrogen (secondary N) is 1. The van der Waals surface area contributed by atoms with E-state index in [9.17, 15) is 9.59 Å². The summed E-state index contributed by atoms with van der Waals surface area (Å²) in [7, 11) is 1.85. The van der Waals surface area contributed by atoms with Gasteiger partial charge < -0.3 is 10.1 Å². The van der Waals surface area contributed by atoms with Crippen LogP contribution in [0, 0.1) is 0 Å². The minimum atomic E-state index is -0.633. The molecule has 4 rings (SSSR count). The molecular formula is C25H24BrN3O3. The molecule has 164 valence electrons. The summed E-state index contributed by atoms with van der Waals surface area (Å²) in [5.41, 5.74) is 2.21. The lowest BCUT2D eigenvalue weighted by molar-refractivity contribution is -0.119. The summed E-state index contributed by atoms with van der Waals surface area (Å²) in [6.45, 7) is 2.31. The van der Waals surface area contributed by atoms with Crippen molar-refractivity contribution in [2.45, 2.75) is 25.6 Å². The summed E-state index contributed by atoms with van der Waals surface area (Å²) < 4.78 is 6.71. The van der Waals surface area contributed by atoms with Crippen LogP contribution in [0.5, 0.6) is 5.75 Å². The van der Waals surface area contributed by atoms with Crippen LogP contribution in [0.25, 0.3) is 0 Å². The van der Waals surface area contributed by atoms with Crippen LogP contribution in [0.4, 0.5) is 5.69 Å². The Hall–Kier alpha value is -3.16. The predicted molar refractivity (Wildman–Crippen MR) is 127 cm³/mol. The summed E-state index contributed by atoms with van der Waals surface area (Å²) >= 11 is 3.46. The number of nitrogens with zero attached hydrogens (tertiary/aromatic N) is 2. The zero-order valence-corrected chi connectivity index (χ0v) is 19.5. The Labute approximate surface area is 195 Å². The van der Waals surface area contributed by atoms with E-state index in [0.29, 0.717) is 12.2 Å². The van der Waals surface area contributed by atoms with Gasteiger partial charge in [-0.2, -0.15) is 0 Å². The molecule has 1 heterocycles. The maximum absolute atomic E-state index is 13.0. The van der Waals surface area contributed by atoms with Crippen molar-refractivity contribution in [3.63, 3.8) is 0 Å². The number of carbonyl (C=O) groups excluding carboxylic acids is 2. The summed E-state index contributed by atoms with van der Waals surface area (Å²) in [6, 6.07) is 23.5. The number of benzene rings is 3. The van der Waals surface area contributed by atoms with E-state index in [1.165, 1.54) is 0 Å². The van der Waals surface area contributed by atoms with Crippen molar-refractivity contribution in [2.75, 3.05) is 12.1 Å². The van der Waals surface area contributed by atoms with Crippen LogP contribution in [0.2, 0.25) is 0 Å². The second kappa shape index (κ2) is 9.54. The molecule has 1 fully saturated rings. The molecule has 3 aromatic rings. The second-order valence-electron chi connectivity index (χ2n) is 7.67. The molecule has 2 amide bonds. The van der Waals surface area contributed by atoms with E-state index in [-0.39, 0.29) is 17.9 Å². The predicted octanol–water partition coefficient (Wildman–Crippen LogP) is 4.41. The smallest absolute Gasteiger partial charge is 0.265 e. The fourth-order valence-electron chi connectivity index (χ4n) is 3.65. The molecule has 0 radical (unpaired) electrons. The zero-order chi connectivity index (χ0) is 22.7. The average molecular weight is 494 g/mol. The maximum Gasteiger partial charge on any atom is 0.265 e. The Morgan fingerprint density at radius 3 is 2.34 bits per heavy atom. The third-order valence-electron chi connectivity index (χ3n) is 5.60. The number of para-hydroxylation sites is 2. The molecule has 7 heteroatoms. The summed E-state index contributed by atoms with van der Waals surface area (Å²) in [6.07, 6.45) is 0. The Balaban J connectivity index is 1.40. The van der Waals surface area contributed by atoms with Crippen LogP contribution in [-0.2, 0) is 11.4 Å². The van der Waals surface area contributed by atoms with Gasteiger partial charge in [-0.25, -0.2) is 10.0 Å². The molecule has 1 saturated heterocycles. The third kappa shape index (κ3) is 4.54. The van der Waals surface area contributed by atoms with Crippen LogP contribution in [0.1, 0.15) is 22.8 Å².